The van der Waals surface area contributed by atoms with E-state index >= 15 is 0 Å². The molecule has 0 aromatic heterocycles. The average molecular weight is 565 g/mol. The highest BCUT2D eigenvalue weighted by molar-refractivity contribution is 5.98. The van der Waals surface area contributed by atoms with Gasteiger partial charge in [0.25, 0.3) is 0 Å². The summed E-state index contributed by atoms with van der Waals surface area (Å²) in [5.41, 5.74) is 2.35. The predicted octanol–water partition coefficient (Wildman–Crippen LogP) is 7.72. The third-order valence-corrected chi connectivity index (χ3v) is 5.83. The lowest BCUT2D eigenvalue weighted by atomic mass is 10.00. The fourth-order valence-corrected chi connectivity index (χ4v) is 3.90. The van der Waals surface area contributed by atoms with Crippen molar-refractivity contribution in [3.05, 3.63) is 83.7 Å². The van der Waals surface area contributed by atoms with Gasteiger partial charge in [-0.05, 0) is 94.6 Å². The quantitative estimate of drug-likeness (QED) is 0.224. The number of rotatable bonds is 6. The molecule has 3 aromatic carbocycles. The number of nitrogens with zero attached hydrogens (tertiary/aromatic N) is 2. The Bertz CT molecular complexity index is 1360. The standard InChI is InChI=1S/C32H37FN2O6/c1-31(2,3)40-29(37)35(30(38)41-32(4,5)6)20-21-9-11-22(12-10-21)23-13-18-26(28(36)39-8)27(19-23)34(7)25-16-14-24(33)15-17-25/h9-19H,20H2,1-8H3. The van der Waals surface area contributed by atoms with E-state index in [4.69, 9.17) is 14.2 Å². The van der Waals surface area contributed by atoms with Gasteiger partial charge in [-0.15, -0.1) is 0 Å². The second kappa shape index (κ2) is 12.4. The van der Waals surface area contributed by atoms with E-state index in [1.165, 1.54) is 19.2 Å². The Balaban J connectivity index is 1.92. The molecule has 3 aromatic rings. The van der Waals surface area contributed by atoms with E-state index in [2.05, 4.69) is 0 Å². The molecule has 0 saturated carbocycles. The van der Waals surface area contributed by atoms with Crippen LogP contribution in [0.15, 0.2) is 66.7 Å². The molecule has 0 N–H and O–H groups in total. The molecule has 3 rings (SSSR count). The maximum absolute atomic E-state index is 13.5. The summed E-state index contributed by atoms with van der Waals surface area (Å²) >= 11 is 0. The van der Waals surface area contributed by atoms with Crippen molar-refractivity contribution < 1.29 is 33.0 Å². The van der Waals surface area contributed by atoms with Crippen LogP contribution in [0.5, 0.6) is 0 Å². The summed E-state index contributed by atoms with van der Waals surface area (Å²) in [6.45, 7) is 10.3. The summed E-state index contributed by atoms with van der Waals surface area (Å²) < 4.78 is 29.4. The summed E-state index contributed by atoms with van der Waals surface area (Å²) in [6.07, 6.45) is -1.61. The molecule has 0 aliphatic carbocycles. The summed E-state index contributed by atoms with van der Waals surface area (Å²) in [7, 11) is 3.10. The van der Waals surface area contributed by atoms with Gasteiger partial charge in [-0.3, -0.25) is 0 Å². The van der Waals surface area contributed by atoms with Gasteiger partial charge in [-0.2, -0.15) is 0 Å². The van der Waals surface area contributed by atoms with Gasteiger partial charge in [0.1, 0.15) is 17.0 Å². The van der Waals surface area contributed by atoms with Crippen LogP contribution in [0.2, 0.25) is 0 Å². The van der Waals surface area contributed by atoms with E-state index < -0.39 is 29.4 Å². The van der Waals surface area contributed by atoms with Crippen molar-refractivity contribution in [2.45, 2.75) is 59.3 Å². The SMILES string of the molecule is COC(=O)c1ccc(-c2ccc(CN(C(=O)OC(C)(C)C)C(=O)OC(C)(C)C)cc2)cc1N(C)c1ccc(F)cc1. The molecule has 218 valence electrons. The maximum atomic E-state index is 13.5. The van der Waals surface area contributed by atoms with Crippen molar-refractivity contribution in [3.63, 3.8) is 0 Å². The lowest BCUT2D eigenvalue weighted by molar-refractivity contribution is -0.000281. The Labute approximate surface area is 240 Å². The molecule has 41 heavy (non-hydrogen) atoms. The molecule has 0 fully saturated rings. The molecule has 0 aliphatic rings. The van der Waals surface area contributed by atoms with Gasteiger partial charge in [0, 0.05) is 12.7 Å². The molecule has 0 bridgehead atoms. The van der Waals surface area contributed by atoms with E-state index in [9.17, 15) is 18.8 Å². The smallest absolute Gasteiger partial charge is 0.420 e. The summed E-state index contributed by atoms with van der Waals surface area (Å²) in [4.78, 5) is 41.0. The van der Waals surface area contributed by atoms with Gasteiger partial charge >= 0.3 is 18.2 Å². The number of methoxy groups -OCH3 is 1. The zero-order chi connectivity index (χ0) is 30.5. The predicted molar refractivity (Wildman–Crippen MR) is 156 cm³/mol. The molecular formula is C32H37FN2O6. The molecule has 0 heterocycles. The Morgan fingerprint density at radius 2 is 1.27 bits per heavy atom. The van der Waals surface area contributed by atoms with Crippen molar-refractivity contribution in [2.24, 2.45) is 0 Å². The third-order valence-electron chi connectivity index (χ3n) is 5.83. The van der Waals surface area contributed by atoms with Crippen LogP contribution in [-0.4, -0.2) is 48.4 Å². The van der Waals surface area contributed by atoms with Crippen molar-refractivity contribution in [1.82, 2.24) is 4.90 Å². The van der Waals surface area contributed by atoms with Crippen LogP contribution < -0.4 is 4.90 Å². The second-order valence-electron chi connectivity index (χ2n) is 11.5. The van der Waals surface area contributed by atoms with Crippen LogP contribution in [-0.2, 0) is 20.8 Å². The number of hydrogen-bond donors (Lipinski definition) is 0. The Kier molecular flexibility index (Phi) is 9.42. The van der Waals surface area contributed by atoms with E-state index in [0.717, 1.165) is 16.0 Å². The Morgan fingerprint density at radius 1 is 0.756 bits per heavy atom. The average Bonchev–Trinajstić information content (AvgIpc) is 2.89. The number of imide groups is 1. The molecule has 0 atom stereocenters. The number of anilines is 2. The van der Waals surface area contributed by atoms with Crippen LogP contribution in [0.3, 0.4) is 0 Å². The molecule has 8 nitrogen and oxygen atoms in total. The lowest BCUT2D eigenvalue weighted by Gasteiger charge is -2.28. The first-order chi connectivity index (χ1) is 19.1. The van der Waals surface area contributed by atoms with Crippen molar-refractivity contribution in [1.29, 1.82) is 0 Å². The van der Waals surface area contributed by atoms with Gasteiger partial charge < -0.3 is 19.1 Å². The Morgan fingerprint density at radius 3 is 1.76 bits per heavy atom. The van der Waals surface area contributed by atoms with Crippen LogP contribution in [0.25, 0.3) is 11.1 Å². The number of halogens is 1. The molecule has 0 spiro atoms. The monoisotopic (exact) mass is 564 g/mol. The summed E-state index contributed by atoms with van der Waals surface area (Å²) in [5, 5.41) is 0. The molecule has 9 heteroatoms. The number of carbonyl (C=O) groups excluding carboxylic acids is 3. The largest absolute Gasteiger partial charge is 0.465 e. The summed E-state index contributed by atoms with van der Waals surface area (Å²) in [5.74, 6) is -0.860. The number of amides is 2. The van der Waals surface area contributed by atoms with E-state index in [0.29, 0.717) is 22.5 Å². The first kappa shape index (κ1) is 31.1. The van der Waals surface area contributed by atoms with Crippen molar-refractivity contribution >= 4 is 29.5 Å². The van der Waals surface area contributed by atoms with E-state index in [-0.39, 0.29) is 12.4 Å². The molecule has 0 radical (unpaired) electrons. The first-order valence-corrected chi connectivity index (χ1v) is 13.1. The molecule has 0 unspecified atom stereocenters. The number of carbonyl (C=O) groups is 3. The fraction of sp³-hybridized carbons (Fsp3) is 0.344. The molecule has 0 saturated heterocycles. The number of benzene rings is 3. The highest BCUT2D eigenvalue weighted by Gasteiger charge is 2.31. The minimum absolute atomic E-state index is 0.0516. The molecular weight excluding hydrogens is 527 g/mol. The highest BCUT2D eigenvalue weighted by Crippen LogP contribution is 2.33. The van der Waals surface area contributed by atoms with Crippen molar-refractivity contribution in [2.75, 3.05) is 19.1 Å². The van der Waals surface area contributed by atoms with Gasteiger partial charge in [0.05, 0.1) is 24.9 Å². The topological polar surface area (TPSA) is 85.4 Å². The maximum Gasteiger partial charge on any atom is 0.420 e. The van der Waals surface area contributed by atoms with Gasteiger partial charge in [0.2, 0.25) is 0 Å². The highest BCUT2D eigenvalue weighted by atomic mass is 19.1. The molecule has 0 aliphatic heterocycles. The lowest BCUT2D eigenvalue weighted by Crippen LogP contribution is -2.43. The first-order valence-electron chi connectivity index (χ1n) is 13.1. The number of ether oxygens (including phenoxy) is 3. The van der Waals surface area contributed by atoms with Gasteiger partial charge in [-0.1, -0.05) is 30.3 Å². The van der Waals surface area contributed by atoms with E-state index in [1.807, 2.05) is 18.2 Å². The van der Waals surface area contributed by atoms with Crippen LogP contribution in [0.1, 0.15) is 57.5 Å². The Hall–Kier alpha value is -4.40. The second-order valence-corrected chi connectivity index (χ2v) is 11.5. The molecule has 2 amide bonds. The van der Waals surface area contributed by atoms with Crippen LogP contribution in [0, 0.1) is 5.82 Å². The number of hydrogen-bond acceptors (Lipinski definition) is 7. The van der Waals surface area contributed by atoms with Crippen LogP contribution >= 0.6 is 0 Å². The fourth-order valence-electron chi connectivity index (χ4n) is 3.90. The normalized spacial score (nSPS) is 11.4. The number of esters is 1. The zero-order valence-corrected chi connectivity index (χ0v) is 24.8. The zero-order valence-electron chi connectivity index (χ0n) is 24.8. The van der Waals surface area contributed by atoms with Crippen molar-refractivity contribution in [3.8, 4) is 11.1 Å². The van der Waals surface area contributed by atoms with Gasteiger partial charge in [-0.25, -0.2) is 23.7 Å². The minimum Gasteiger partial charge on any atom is -0.465 e. The van der Waals surface area contributed by atoms with Gasteiger partial charge in [0.15, 0.2) is 0 Å². The van der Waals surface area contributed by atoms with Crippen LogP contribution in [0.4, 0.5) is 25.4 Å². The summed E-state index contributed by atoms with van der Waals surface area (Å²) in [6, 6.07) is 18.6. The minimum atomic E-state index is -0.803. The van der Waals surface area contributed by atoms with E-state index in [1.54, 1.807) is 89.9 Å². The third kappa shape index (κ3) is 8.54.